The van der Waals surface area contributed by atoms with E-state index in [9.17, 15) is 34.5 Å². The van der Waals surface area contributed by atoms with Gasteiger partial charge in [0, 0.05) is 30.5 Å². The second-order valence-corrected chi connectivity index (χ2v) is 12.8. The van der Waals surface area contributed by atoms with Crippen molar-refractivity contribution in [1.29, 1.82) is 0 Å². The first-order valence-electron chi connectivity index (χ1n) is 13.0. The summed E-state index contributed by atoms with van der Waals surface area (Å²) in [7, 11) is 1.63. The lowest BCUT2D eigenvalue weighted by Gasteiger charge is -2.53. The highest BCUT2D eigenvalue weighted by atomic mass is 32.2. The molecule has 22 heteroatoms. The van der Waals surface area contributed by atoms with Gasteiger partial charge in [-0.2, -0.15) is 5.10 Å². The Morgan fingerprint density at radius 1 is 1.30 bits per heavy atom. The second-order valence-electron chi connectivity index (χ2n) is 9.90. The third kappa shape index (κ3) is 6.97. The molecule has 0 radical (unpaired) electrons. The molecule has 2 aromatic heterocycles. The number of hydrogen-bond donors (Lipinski definition) is 6. The lowest BCUT2D eigenvalue weighted by molar-refractivity contribution is -0.157. The summed E-state index contributed by atoms with van der Waals surface area (Å²) in [6, 6.07) is 2.96. The van der Waals surface area contributed by atoms with Crippen LogP contribution in [0.2, 0.25) is 0 Å². The number of carbonyl (C=O) groups is 4. The van der Waals surface area contributed by atoms with Crippen molar-refractivity contribution in [2.45, 2.75) is 16.6 Å². The molecule has 3 atom stereocenters. The number of rotatable bonds is 12. The number of fused-ring (bicyclic) bond motifs is 1. The quantitative estimate of drug-likeness (QED) is 0.0428. The molecule has 3 amide bonds. The number of anilines is 1. The highest BCUT2D eigenvalue weighted by Gasteiger charge is 2.57. The van der Waals surface area contributed by atoms with E-state index >= 15 is 0 Å². The zero-order valence-corrected chi connectivity index (χ0v) is 26.1. The van der Waals surface area contributed by atoms with Gasteiger partial charge >= 0.3 is 5.97 Å². The monoisotopic (exact) mass is 691 g/mol. The topological polar surface area (TPSA) is 273 Å². The minimum Gasteiger partial charge on any atom is -0.504 e. The number of phenolic OH excluding ortho intramolecular Hbond substituents is 2. The van der Waals surface area contributed by atoms with Crippen LogP contribution < -0.4 is 16.5 Å². The van der Waals surface area contributed by atoms with Crippen molar-refractivity contribution in [3.05, 3.63) is 34.8 Å². The number of carbonyl (C=O) groups excluding carboxylic acids is 3. The maximum absolute atomic E-state index is 13.3. The highest BCUT2D eigenvalue weighted by molar-refractivity contribution is 8.00. The molecule has 242 valence electrons. The minimum absolute atomic E-state index is 0.0469. The first-order chi connectivity index (χ1) is 22.0. The molecular formula is C24H25N11O8S3. The van der Waals surface area contributed by atoms with Gasteiger partial charge in [0.15, 0.2) is 28.9 Å². The van der Waals surface area contributed by atoms with E-state index in [0.29, 0.717) is 10.7 Å². The zero-order chi connectivity index (χ0) is 33.0. The molecular weight excluding hydrogens is 667 g/mol. The van der Waals surface area contributed by atoms with Crippen molar-refractivity contribution in [1.82, 2.24) is 40.8 Å². The molecule has 46 heavy (non-hydrogen) atoms. The van der Waals surface area contributed by atoms with Crippen molar-refractivity contribution < 1.29 is 39.3 Å². The van der Waals surface area contributed by atoms with Crippen LogP contribution >= 0.6 is 34.9 Å². The normalized spacial score (nSPS) is 21.0. The Kier molecular flexibility index (Phi) is 9.57. The van der Waals surface area contributed by atoms with E-state index in [2.05, 4.69) is 41.5 Å². The van der Waals surface area contributed by atoms with Crippen molar-refractivity contribution in [3.63, 3.8) is 0 Å². The van der Waals surface area contributed by atoms with Gasteiger partial charge in [-0.3, -0.25) is 19.2 Å². The third-order valence-corrected chi connectivity index (χ3v) is 10.2. The van der Waals surface area contributed by atoms with E-state index in [1.165, 1.54) is 62.9 Å². The van der Waals surface area contributed by atoms with Gasteiger partial charge in [-0.15, -0.1) is 28.2 Å². The molecule has 2 fully saturated rings. The van der Waals surface area contributed by atoms with E-state index in [1.807, 2.05) is 0 Å². The number of oxime groups is 1. The number of thioether (sulfide) groups is 2. The van der Waals surface area contributed by atoms with Crippen LogP contribution in [0.3, 0.4) is 0 Å². The lowest BCUT2D eigenvalue weighted by Crippen LogP contribution is -2.74. The number of carboxylic acid groups (broad SMARTS) is 1. The molecule has 5 rings (SSSR count). The van der Waals surface area contributed by atoms with Gasteiger partial charge < -0.3 is 36.1 Å². The number of hydrogen-bond acceptors (Lipinski definition) is 17. The first-order valence-corrected chi connectivity index (χ1v) is 16.0. The summed E-state index contributed by atoms with van der Waals surface area (Å²) in [5.74, 6) is -3.49. The number of aromatic nitrogens is 5. The number of nitrogens with one attached hydrogen (secondary N) is 2. The Hall–Kier alpha value is -4.96. The molecule has 0 bridgehead atoms. The summed E-state index contributed by atoms with van der Waals surface area (Å²) < 4.78 is 1.42. The average Bonchev–Trinajstić information content (AvgIpc) is 3.65. The fourth-order valence-corrected chi connectivity index (χ4v) is 7.51. The van der Waals surface area contributed by atoms with Gasteiger partial charge in [-0.25, -0.2) is 15.1 Å². The largest absolute Gasteiger partial charge is 0.504 e. The number of amides is 3. The summed E-state index contributed by atoms with van der Waals surface area (Å²) in [5, 5.41) is 51.7. The molecule has 2 aliphatic rings. The van der Waals surface area contributed by atoms with Gasteiger partial charge in [-0.05, 0) is 34.2 Å². The van der Waals surface area contributed by atoms with Crippen molar-refractivity contribution >= 4 is 75.6 Å². The molecule has 2 aliphatic heterocycles. The molecule has 3 aromatic rings. The van der Waals surface area contributed by atoms with E-state index in [-0.39, 0.29) is 46.1 Å². The Bertz CT molecular complexity index is 1730. The van der Waals surface area contributed by atoms with Crippen molar-refractivity contribution in [2.24, 2.45) is 22.7 Å². The van der Waals surface area contributed by atoms with Gasteiger partial charge in [0.25, 0.3) is 11.8 Å². The van der Waals surface area contributed by atoms with E-state index in [4.69, 9.17) is 10.6 Å². The number of hydrazone groups is 1. The molecule has 7 N–H and O–H groups in total. The molecule has 2 saturated heterocycles. The van der Waals surface area contributed by atoms with Crippen LogP contribution in [-0.4, -0.2) is 117 Å². The molecule has 2 unspecified atom stereocenters. The van der Waals surface area contributed by atoms with Gasteiger partial charge in [-0.1, -0.05) is 16.9 Å². The van der Waals surface area contributed by atoms with Crippen LogP contribution in [0, 0.1) is 5.41 Å². The molecule has 4 heterocycles. The van der Waals surface area contributed by atoms with Crippen LogP contribution in [0.4, 0.5) is 5.13 Å². The van der Waals surface area contributed by atoms with Gasteiger partial charge in [0.1, 0.15) is 22.5 Å². The Morgan fingerprint density at radius 2 is 2.11 bits per heavy atom. The number of thiazole rings is 1. The smallest absolute Gasteiger partial charge is 0.313 e. The van der Waals surface area contributed by atoms with E-state index < -0.39 is 47.1 Å². The van der Waals surface area contributed by atoms with Crippen molar-refractivity contribution in [2.75, 3.05) is 30.4 Å². The molecule has 1 aromatic carbocycles. The number of aryl methyl sites for hydroxylation is 1. The third-order valence-electron chi connectivity index (χ3n) is 6.68. The van der Waals surface area contributed by atoms with Crippen LogP contribution in [0.15, 0.2) is 39.0 Å². The number of β-lactam (4-membered cyclic amide) rings is 1. The van der Waals surface area contributed by atoms with Crippen LogP contribution in [-0.2, 0) is 31.1 Å². The molecule has 19 nitrogen and oxygen atoms in total. The maximum Gasteiger partial charge on any atom is 0.313 e. The number of tetrazole rings is 1. The zero-order valence-electron chi connectivity index (χ0n) is 23.6. The van der Waals surface area contributed by atoms with E-state index in [0.717, 1.165) is 11.3 Å². The fraction of sp³-hybridized carbons (Fsp3) is 0.333. The van der Waals surface area contributed by atoms with Gasteiger partial charge in [0.05, 0.1) is 6.21 Å². The van der Waals surface area contributed by atoms with E-state index in [1.54, 1.807) is 7.05 Å². The van der Waals surface area contributed by atoms with Crippen LogP contribution in [0.25, 0.3) is 0 Å². The van der Waals surface area contributed by atoms with Gasteiger partial charge in [0.2, 0.25) is 11.1 Å². The summed E-state index contributed by atoms with van der Waals surface area (Å²) in [5.41, 5.74) is 6.73. The molecule has 0 spiro atoms. The summed E-state index contributed by atoms with van der Waals surface area (Å²) in [4.78, 5) is 61.4. The number of nitrogen functional groups attached to an aromatic ring is 1. The van der Waals surface area contributed by atoms with Crippen LogP contribution in [0.1, 0.15) is 11.3 Å². The maximum atomic E-state index is 13.3. The fourth-order valence-electron chi connectivity index (χ4n) is 4.25. The first kappa shape index (κ1) is 32.4. The summed E-state index contributed by atoms with van der Waals surface area (Å²) >= 11 is 3.43. The molecule has 0 aliphatic carbocycles. The average molecular weight is 692 g/mol. The minimum atomic E-state index is -1.27. The number of carboxylic acids is 1. The number of aromatic hydroxyl groups is 2. The standard InChI is InChI=1S/C24H25N11O8S3/c1-34-23(30-32-33-34)46-10-24(21(41)42)8-35-19(40)17(20(35)45-9-24)28-18(39)16(12-7-44-22(25)27-12)31-43-6-15(38)29-26-5-11-2-3-13(36)14(37)4-11/h2-5,7,17,20,36-37H,6,8-10H2,1H3,(H2,25,27)(H,28,39)(H,29,38)(H,41,42)/t17?,20-,24?/m1/s1. The predicted octanol–water partition coefficient (Wildman–Crippen LogP) is -1.21. The SMILES string of the molecule is Cn1nnnc1SCC1(C(=O)O)CS[C@@H]2C(NC(=O)C(=NOCC(=O)NN=Cc3ccc(O)c(O)c3)c3csc(N)n3)C(=O)N2C1. The number of phenols is 2. The predicted molar refractivity (Wildman–Crippen MR) is 164 cm³/mol. The number of nitrogens with zero attached hydrogens (tertiary/aromatic N) is 8. The Labute approximate surface area is 271 Å². The number of benzene rings is 1. The summed E-state index contributed by atoms with van der Waals surface area (Å²) in [6.07, 6.45) is 1.22. The second kappa shape index (κ2) is 13.6. The highest BCUT2D eigenvalue weighted by Crippen LogP contribution is 2.44. The number of nitrogens with two attached hydrogens (primary N) is 1. The lowest BCUT2D eigenvalue weighted by atomic mass is 9.89. The van der Waals surface area contributed by atoms with Crippen LogP contribution in [0.5, 0.6) is 11.5 Å². The Balaban J connectivity index is 1.19. The summed E-state index contributed by atoms with van der Waals surface area (Å²) in [6.45, 7) is -0.718. The number of aliphatic carboxylic acids is 1. The Morgan fingerprint density at radius 3 is 2.78 bits per heavy atom. The van der Waals surface area contributed by atoms with Crippen molar-refractivity contribution in [3.8, 4) is 11.5 Å². The molecule has 0 saturated carbocycles.